The van der Waals surface area contributed by atoms with E-state index in [0.717, 1.165) is 37.9 Å². The molecule has 1 aromatic carbocycles. The maximum atomic E-state index is 12.3. The maximum absolute atomic E-state index is 12.3. The number of benzene rings is 1. The summed E-state index contributed by atoms with van der Waals surface area (Å²) in [7, 11) is -1.80. The summed E-state index contributed by atoms with van der Waals surface area (Å²) in [4.78, 5) is 0. The van der Waals surface area contributed by atoms with Crippen LogP contribution in [0.15, 0.2) is 30.3 Å². The Morgan fingerprint density at radius 2 is 2.00 bits per heavy atom. The van der Waals surface area contributed by atoms with Gasteiger partial charge in [0.2, 0.25) is 0 Å². The summed E-state index contributed by atoms with van der Waals surface area (Å²) >= 11 is 0. The highest BCUT2D eigenvalue weighted by atomic mass is 32.2. The fraction of sp³-hybridized carbons (Fsp3) is 0.571. The van der Waals surface area contributed by atoms with E-state index in [1.807, 2.05) is 30.3 Å². The summed E-state index contributed by atoms with van der Waals surface area (Å²) in [5.74, 6) is 0. The molecular formula is C14H23N3O2S. The van der Waals surface area contributed by atoms with Crippen LogP contribution in [0.3, 0.4) is 0 Å². The SMILES string of the molecule is CN(Cc1ccccc1)S(=O)(=O)NC1CCCNCC1. The first-order valence-corrected chi connectivity index (χ1v) is 8.50. The molecule has 1 aromatic rings. The molecular weight excluding hydrogens is 274 g/mol. The van der Waals surface area contributed by atoms with Crippen molar-refractivity contribution in [2.45, 2.75) is 31.8 Å². The highest BCUT2D eigenvalue weighted by Crippen LogP contribution is 2.10. The highest BCUT2D eigenvalue weighted by molar-refractivity contribution is 7.87. The van der Waals surface area contributed by atoms with Gasteiger partial charge in [-0.3, -0.25) is 0 Å². The van der Waals surface area contributed by atoms with Crippen LogP contribution in [-0.2, 0) is 16.8 Å². The van der Waals surface area contributed by atoms with Crippen molar-refractivity contribution in [1.82, 2.24) is 14.3 Å². The smallest absolute Gasteiger partial charge is 0.279 e. The quantitative estimate of drug-likeness (QED) is 0.855. The molecule has 1 atom stereocenters. The zero-order valence-electron chi connectivity index (χ0n) is 11.9. The summed E-state index contributed by atoms with van der Waals surface area (Å²) in [6.45, 7) is 2.23. The number of nitrogens with zero attached hydrogens (tertiary/aromatic N) is 1. The van der Waals surface area contributed by atoms with E-state index in [1.54, 1.807) is 7.05 Å². The Labute approximate surface area is 121 Å². The van der Waals surface area contributed by atoms with Gasteiger partial charge in [0.1, 0.15) is 0 Å². The predicted molar refractivity (Wildman–Crippen MR) is 80.5 cm³/mol. The number of nitrogens with one attached hydrogen (secondary N) is 2. The van der Waals surface area contributed by atoms with Gasteiger partial charge in [-0.1, -0.05) is 30.3 Å². The lowest BCUT2D eigenvalue weighted by molar-refractivity contribution is 0.434. The van der Waals surface area contributed by atoms with Gasteiger partial charge in [0, 0.05) is 19.6 Å². The van der Waals surface area contributed by atoms with E-state index >= 15 is 0 Å². The van der Waals surface area contributed by atoms with Crippen LogP contribution < -0.4 is 10.0 Å². The van der Waals surface area contributed by atoms with Crippen LogP contribution in [0, 0.1) is 0 Å². The van der Waals surface area contributed by atoms with Crippen molar-refractivity contribution in [2.75, 3.05) is 20.1 Å². The summed E-state index contributed by atoms with van der Waals surface area (Å²) < 4.78 is 28.8. The molecule has 0 bridgehead atoms. The lowest BCUT2D eigenvalue weighted by atomic mass is 10.1. The Hall–Kier alpha value is -0.950. The monoisotopic (exact) mass is 297 g/mol. The van der Waals surface area contributed by atoms with Crippen LogP contribution >= 0.6 is 0 Å². The first-order chi connectivity index (χ1) is 9.58. The van der Waals surface area contributed by atoms with Crippen molar-refractivity contribution >= 4 is 10.2 Å². The molecule has 2 rings (SSSR count). The maximum Gasteiger partial charge on any atom is 0.279 e. The van der Waals surface area contributed by atoms with Gasteiger partial charge < -0.3 is 5.32 Å². The molecule has 2 N–H and O–H groups in total. The minimum absolute atomic E-state index is 0.0354. The fourth-order valence-electron chi connectivity index (χ4n) is 2.36. The minimum atomic E-state index is -3.42. The van der Waals surface area contributed by atoms with Crippen molar-refractivity contribution in [3.63, 3.8) is 0 Å². The van der Waals surface area contributed by atoms with Crippen LogP contribution in [0.2, 0.25) is 0 Å². The van der Waals surface area contributed by atoms with Gasteiger partial charge in [-0.15, -0.1) is 0 Å². The van der Waals surface area contributed by atoms with Crippen LogP contribution in [0.4, 0.5) is 0 Å². The second-order valence-electron chi connectivity index (χ2n) is 5.24. The van der Waals surface area contributed by atoms with Gasteiger partial charge in [0.15, 0.2) is 0 Å². The highest BCUT2D eigenvalue weighted by Gasteiger charge is 2.23. The van der Waals surface area contributed by atoms with Crippen molar-refractivity contribution in [3.8, 4) is 0 Å². The predicted octanol–water partition coefficient (Wildman–Crippen LogP) is 1.09. The van der Waals surface area contributed by atoms with Gasteiger partial charge in [-0.2, -0.15) is 17.4 Å². The molecule has 5 nitrogen and oxygen atoms in total. The molecule has 0 amide bonds. The molecule has 20 heavy (non-hydrogen) atoms. The third-order valence-electron chi connectivity index (χ3n) is 3.55. The van der Waals surface area contributed by atoms with E-state index in [4.69, 9.17) is 0 Å². The molecule has 112 valence electrons. The van der Waals surface area contributed by atoms with Crippen LogP contribution in [0.25, 0.3) is 0 Å². The number of rotatable bonds is 5. The van der Waals surface area contributed by atoms with Crippen molar-refractivity contribution < 1.29 is 8.42 Å². The fourth-order valence-corrected chi connectivity index (χ4v) is 3.52. The normalized spacial score (nSPS) is 20.8. The van der Waals surface area contributed by atoms with Gasteiger partial charge in [0.05, 0.1) is 0 Å². The Kier molecular flexibility index (Phi) is 5.54. The second-order valence-corrected chi connectivity index (χ2v) is 7.05. The Morgan fingerprint density at radius 3 is 2.75 bits per heavy atom. The number of hydrogen-bond donors (Lipinski definition) is 2. The molecule has 1 saturated heterocycles. The molecule has 1 heterocycles. The topological polar surface area (TPSA) is 61.4 Å². The summed E-state index contributed by atoms with van der Waals surface area (Å²) in [6.07, 6.45) is 2.75. The Morgan fingerprint density at radius 1 is 1.25 bits per heavy atom. The van der Waals surface area contributed by atoms with Crippen LogP contribution in [0.5, 0.6) is 0 Å². The molecule has 0 aliphatic carbocycles. The summed E-state index contributed by atoms with van der Waals surface area (Å²) in [6, 6.07) is 9.66. The van der Waals surface area contributed by atoms with E-state index in [2.05, 4.69) is 10.0 Å². The molecule has 0 aromatic heterocycles. The molecule has 1 aliphatic rings. The molecule has 1 aliphatic heterocycles. The Balaban J connectivity index is 1.94. The van der Waals surface area contributed by atoms with Gasteiger partial charge in [0.25, 0.3) is 10.2 Å². The summed E-state index contributed by atoms with van der Waals surface area (Å²) in [5.41, 5.74) is 0.989. The van der Waals surface area contributed by atoms with E-state index in [1.165, 1.54) is 4.31 Å². The van der Waals surface area contributed by atoms with E-state index in [0.29, 0.717) is 6.54 Å². The molecule has 0 spiro atoms. The molecule has 0 saturated carbocycles. The zero-order chi connectivity index (χ0) is 14.4. The molecule has 1 unspecified atom stereocenters. The van der Waals surface area contributed by atoms with Crippen molar-refractivity contribution in [1.29, 1.82) is 0 Å². The largest absolute Gasteiger partial charge is 0.317 e. The van der Waals surface area contributed by atoms with Crippen molar-refractivity contribution in [3.05, 3.63) is 35.9 Å². The lowest BCUT2D eigenvalue weighted by Crippen LogP contribution is -2.43. The third-order valence-corrected chi connectivity index (χ3v) is 5.13. The van der Waals surface area contributed by atoms with Gasteiger partial charge in [-0.25, -0.2) is 0 Å². The average Bonchev–Trinajstić information content (AvgIpc) is 2.68. The number of hydrogen-bond acceptors (Lipinski definition) is 3. The van der Waals surface area contributed by atoms with Gasteiger partial charge >= 0.3 is 0 Å². The van der Waals surface area contributed by atoms with E-state index in [-0.39, 0.29) is 6.04 Å². The first-order valence-electron chi connectivity index (χ1n) is 7.06. The van der Waals surface area contributed by atoms with E-state index in [9.17, 15) is 8.42 Å². The first kappa shape index (κ1) is 15.4. The average molecular weight is 297 g/mol. The zero-order valence-corrected chi connectivity index (χ0v) is 12.7. The standard InChI is InChI=1S/C14H23N3O2S/c1-17(12-13-6-3-2-4-7-13)20(18,19)16-14-8-5-10-15-11-9-14/h2-4,6-7,14-16H,5,8-12H2,1H3. The Bertz CT molecular complexity index is 496. The second kappa shape index (κ2) is 7.17. The van der Waals surface area contributed by atoms with Crippen molar-refractivity contribution in [2.24, 2.45) is 0 Å². The summed E-state index contributed by atoms with van der Waals surface area (Å²) in [5, 5.41) is 3.28. The third kappa shape index (κ3) is 4.56. The van der Waals surface area contributed by atoms with Gasteiger partial charge in [-0.05, 0) is 37.9 Å². The van der Waals surface area contributed by atoms with Crippen LogP contribution in [-0.4, -0.2) is 38.9 Å². The molecule has 0 radical (unpaired) electrons. The van der Waals surface area contributed by atoms with E-state index < -0.39 is 10.2 Å². The minimum Gasteiger partial charge on any atom is -0.317 e. The van der Waals surface area contributed by atoms with Crippen LogP contribution in [0.1, 0.15) is 24.8 Å². The molecule has 6 heteroatoms. The molecule has 1 fully saturated rings. The lowest BCUT2D eigenvalue weighted by Gasteiger charge is -2.22.